The number of sulfone groups is 1. The largest absolute Gasteiger partial charge is 0.219 e. The van der Waals surface area contributed by atoms with Crippen LogP contribution in [0.1, 0.15) is 26.7 Å². The third-order valence-corrected chi connectivity index (χ3v) is 5.85. The molecule has 0 saturated heterocycles. The van der Waals surface area contributed by atoms with E-state index in [9.17, 15) is 13.7 Å². The first-order valence-electron chi connectivity index (χ1n) is 6.66. The smallest absolute Gasteiger partial charge is 0.204 e. The maximum absolute atomic E-state index is 12.9. The molecule has 1 aliphatic carbocycles. The van der Waals surface area contributed by atoms with E-state index in [1.165, 1.54) is 12.1 Å². The summed E-state index contributed by atoms with van der Waals surface area (Å²) in [5.41, 5.74) is -0.236. The minimum atomic E-state index is -3.74. The van der Waals surface area contributed by atoms with Crippen LogP contribution in [0.4, 0.5) is 0 Å². The Morgan fingerprint density at radius 2 is 1.86 bits per heavy atom. The van der Waals surface area contributed by atoms with E-state index >= 15 is 0 Å². The highest BCUT2D eigenvalue weighted by molar-refractivity contribution is 7.95. The summed E-state index contributed by atoms with van der Waals surface area (Å²) in [6, 6.07) is 12.2. The first kappa shape index (κ1) is 15.3. The lowest BCUT2D eigenvalue weighted by Crippen LogP contribution is -2.11. The third kappa shape index (κ3) is 2.57. The zero-order chi connectivity index (χ0) is 15.7. The molecule has 0 amide bonds. The van der Waals surface area contributed by atoms with E-state index < -0.39 is 21.2 Å². The number of rotatable bonds is 3. The van der Waals surface area contributed by atoms with Crippen molar-refractivity contribution in [3.05, 3.63) is 40.8 Å². The van der Waals surface area contributed by atoms with Crippen LogP contribution in [0.2, 0.25) is 0 Å². The van der Waals surface area contributed by atoms with E-state index in [0.717, 1.165) is 0 Å². The van der Waals surface area contributed by atoms with Crippen LogP contribution >= 0.6 is 0 Å². The van der Waals surface area contributed by atoms with Crippen molar-refractivity contribution < 1.29 is 8.42 Å². The molecule has 0 radical (unpaired) electrons. The second kappa shape index (κ2) is 5.35. The van der Waals surface area contributed by atoms with Crippen molar-refractivity contribution in [2.45, 2.75) is 31.6 Å². The van der Waals surface area contributed by atoms with Crippen LogP contribution < -0.4 is 0 Å². The molecule has 4 nitrogen and oxygen atoms in total. The van der Waals surface area contributed by atoms with E-state index in [1.807, 2.05) is 19.9 Å². The van der Waals surface area contributed by atoms with Gasteiger partial charge < -0.3 is 0 Å². The standard InChI is InChI=1S/C16H16N2O2S/c1-16(2)10-12(8-9-17)15(14(16)11-18)21(19,20)13-6-4-3-5-7-13/h3-7,12H,8,10H2,1-2H3. The van der Waals surface area contributed by atoms with Crippen molar-refractivity contribution in [1.29, 1.82) is 10.5 Å². The maximum atomic E-state index is 12.9. The predicted octanol–water partition coefficient (Wildman–Crippen LogP) is 3.20. The summed E-state index contributed by atoms with van der Waals surface area (Å²) in [4.78, 5) is 0.302. The van der Waals surface area contributed by atoms with Crippen LogP contribution in [-0.4, -0.2) is 8.42 Å². The molecule has 1 atom stereocenters. The van der Waals surface area contributed by atoms with Crippen LogP contribution in [-0.2, 0) is 9.84 Å². The first-order valence-corrected chi connectivity index (χ1v) is 8.14. The summed E-state index contributed by atoms with van der Waals surface area (Å²) in [6.07, 6.45) is 0.612. The Morgan fingerprint density at radius 1 is 1.24 bits per heavy atom. The topological polar surface area (TPSA) is 81.7 Å². The highest BCUT2D eigenvalue weighted by Gasteiger charge is 2.45. The van der Waals surface area contributed by atoms with Gasteiger partial charge in [0.15, 0.2) is 0 Å². The molecule has 1 aromatic rings. The summed E-state index contributed by atoms with van der Waals surface area (Å²) in [5.74, 6) is -0.412. The van der Waals surface area contributed by atoms with E-state index in [0.29, 0.717) is 6.42 Å². The summed E-state index contributed by atoms with van der Waals surface area (Å²) < 4.78 is 25.7. The summed E-state index contributed by atoms with van der Waals surface area (Å²) in [5, 5.41) is 18.4. The number of hydrogen-bond acceptors (Lipinski definition) is 4. The number of nitriles is 2. The molecule has 0 aliphatic heterocycles. The second-order valence-corrected chi connectivity index (χ2v) is 7.73. The number of nitrogens with zero attached hydrogens (tertiary/aromatic N) is 2. The van der Waals surface area contributed by atoms with Gasteiger partial charge in [0.05, 0.1) is 27.5 Å². The van der Waals surface area contributed by atoms with Crippen molar-refractivity contribution >= 4 is 9.84 Å². The third-order valence-electron chi connectivity index (χ3n) is 3.84. The van der Waals surface area contributed by atoms with E-state index in [4.69, 9.17) is 5.26 Å². The SMILES string of the molecule is CC1(C)CC(CC#N)C(S(=O)(=O)c2ccccc2)=C1C#N. The van der Waals surface area contributed by atoms with Crippen molar-refractivity contribution in [1.82, 2.24) is 0 Å². The normalized spacial score (nSPS) is 20.9. The van der Waals surface area contributed by atoms with Crippen LogP contribution in [0.15, 0.2) is 45.7 Å². The van der Waals surface area contributed by atoms with Gasteiger partial charge in [-0.15, -0.1) is 0 Å². The zero-order valence-electron chi connectivity index (χ0n) is 12.0. The molecule has 1 aromatic carbocycles. The average molecular weight is 300 g/mol. The fraction of sp³-hybridized carbons (Fsp3) is 0.375. The molecule has 1 aliphatic rings. The molecule has 0 N–H and O–H groups in total. The Morgan fingerprint density at radius 3 is 2.38 bits per heavy atom. The molecule has 0 spiro atoms. The summed E-state index contributed by atoms with van der Waals surface area (Å²) in [7, 11) is -3.74. The lowest BCUT2D eigenvalue weighted by Gasteiger charge is -2.17. The lowest BCUT2D eigenvalue weighted by molar-refractivity contribution is 0.399. The Hall–Kier alpha value is -2.11. The molecular formula is C16H16N2O2S. The van der Waals surface area contributed by atoms with Gasteiger partial charge in [0.2, 0.25) is 9.84 Å². The molecule has 0 fully saturated rings. The highest BCUT2D eigenvalue weighted by Crippen LogP contribution is 2.49. The number of hydrogen-bond donors (Lipinski definition) is 0. The molecule has 0 heterocycles. The molecule has 5 heteroatoms. The molecule has 0 bridgehead atoms. The second-order valence-electron chi connectivity index (χ2n) is 5.81. The first-order chi connectivity index (χ1) is 9.84. The van der Waals surface area contributed by atoms with Gasteiger partial charge in [0.25, 0.3) is 0 Å². The lowest BCUT2D eigenvalue weighted by atomic mass is 9.84. The number of allylic oxidation sites excluding steroid dienone is 2. The van der Waals surface area contributed by atoms with Gasteiger partial charge in [-0.3, -0.25) is 0 Å². The van der Waals surface area contributed by atoms with E-state index in [1.54, 1.807) is 18.2 Å². The van der Waals surface area contributed by atoms with Gasteiger partial charge in [0.1, 0.15) is 0 Å². The van der Waals surface area contributed by atoms with Gasteiger partial charge in [-0.1, -0.05) is 32.0 Å². The maximum Gasteiger partial charge on any atom is 0.204 e. The van der Waals surface area contributed by atoms with Crippen molar-refractivity contribution in [2.24, 2.45) is 11.3 Å². The van der Waals surface area contributed by atoms with Gasteiger partial charge in [-0.25, -0.2) is 8.42 Å². The quantitative estimate of drug-likeness (QED) is 0.858. The van der Waals surface area contributed by atoms with Gasteiger partial charge in [0, 0.05) is 17.8 Å². The Balaban J connectivity index is 2.68. The molecule has 2 rings (SSSR count). The van der Waals surface area contributed by atoms with Gasteiger partial charge in [-0.05, 0) is 18.6 Å². The number of benzene rings is 1. The molecule has 0 saturated carbocycles. The molecular weight excluding hydrogens is 284 g/mol. The molecule has 1 unspecified atom stereocenters. The minimum Gasteiger partial charge on any atom is -0.219 e. The highest BCUT2D eigenvalue weighted by atomic mass is 32.2. The molecule has 21 heavy (non-hydrogen) atoms. The van der Waals surface area contributed by atoms with Crippen molar-refractivity contribution in [3.8, 4) is 12.1 Å². The fourth-order valence-corrected chi connectivity index (χ4v) is 4.88. The van der Waals surface area contributed by atoms with Crippen molar-refractivity contribution in [2.75, 3.05) is 0 Å². The predicted molar refractivity (Wildman–Crippen MR) is 78.4 cm³/mol. The van der Waals surface area contributed by atoms with E-state index in [2.05, 4.69) is 6.07 Å². The zero-order valence-corrected chi connectivity index (χ0v) is 12.8. The minimum absolute atomic E-state index is 0.107. The van der Waals surface area contributed by atoms with Gasteiger partial charge in [-0.2, -0.15) is 10.5 Å². The van der Waals surface area contributed by atoms with Crippen LogP contribution in [0.3, 0.4) is 0 Å². The fourth-order valence-electron chi connectivity index (χ4n) is 2.91. The van der Waals surface area contributed by atoms with Crippen LogP contribution in [0, 0.1) is 34.0 Å². The van der Waals surface area contributed by atoms with Crippen molar-refractivity contribution in [3.63, 3.8) is 0 Å². The molecule has 0 aromatic heterocycles. The van der Waals surface area contributed by atoms with Crippen LogP contribution in [0.5, 0.6) is 0 Å². The molecule has 108 valence electrons. The average Bonchev–Trinajstić information content (AvgIpc) is 2.70. The monoisotopic (exact) mass is 300 g/mol. The van der Waals surface area contributed by atoms with Gasteiger partial charge >= 0.3 is 0 Å². The van der Waals surface area contributed by atoms with Crippen LogP contribution in [0.25, 0.3) is 0 Å². The van der Waals surface area contributed by atoms with E-state index in [-0.39, 0.29) is 21.8 Å². The Kier molecular flexibility index (Phi) is 3.89. The summed E-state index contributed by atoms with van der Waals surface area (Å²) in [6.45, 7) is 3.70. The Bertz CT molecular complexity index is 763. The summed E-state index contributed by atoms with van der Waals surface area (Å²) >= 11 is 0. The Labute approximate surface area is 125 Å².